The van der Waals surface area contributed by atoms with Crippen molar-refractivity contribution in [1.82, 2.24) is 0 Å². The molecule has 0 spiro atoms. The summed E-state index contributed by atoms with van der Waals surface area (Å²) in [6.45, 7) is 0. The van der Waals surface area contributed by atoms with E-state index in [2.05, 4.69) is 0 Å². The van der Waals surface area contributed by atoms with E-state index in [1.54, 1.807) is 0 Å². The molecule has 2 atom stereocenters. The van der Waals surface area contributed by atoms with Gasteiger partial charge in [0.1, 0.15) is 0 Å². The standard InChI is InChI=1S/C22H14O2/c23-21-17-9-13-5-1-2-6-14(13)10-18(17)22(24)20-12-16-8-4-3-7-15(16)11-19(20)21/h1-12,17-18H. The van der Waals surface area contributed by atoms with Crippen molar-refractivity contribution in [2.45, 2.75) is 0 Å². The summed E-state index contributed by atoms with van der Waals surface area (Å²) in [5.41, 5.74) is 1.12. The van der Waals surface area contributed by atoms with E-state index in [1.165, 1.54) is 0 Å². The molecule has 0 saturated carbocycles. The fraction of sp³-hybridized carbons (Fsp3) is 0.0909. The van der Waals surface area contributed by atoms with Crippen LogP contribution in [-0.2, 0) is 0 Å². The van der Waals surface area contributed by atoms with Crippen molar-refractivity contribution in [2.24, 2.45) is 11.8 Å². The Morgan fingerprint density at radius 1 is 0.583 bits per heavy atom. The molecule has 0 aliphatic heterocycles. The lowest BCUT2D eigenvalue weighted by molar-refractivity contribution is 0.0820. The van der Waals surface area contributed by atoms with E-state index >= 15 is 0 Å². The average molecular weight is 310 g/mol. The Labute approximate surface area is 138 Å². The van der Waals surface area contributed by atoms with Gasteiger partial charge in [-0.05, 0) is 33.3 Å². The molecule has 0 saturated heterocycles. The summed E-state index contributed by atoms with van der Waals surface area (Å²) < 4.78 is 0. The topological polar surface area (TPSA) is 34.1 Å². The highest BCUT2D eigenvalue weighted by Crippen LogP contribution is 2.35. The van der Waals surface area contributed by atoms with Crippen LogP contribution in [0.2, 0.25) is 0 Å². The van der Waals surface area contributed by atoms with Gasteiger partial charge >= 0.3 is 0 Å². The highest BCUT2D eigenvalue weighted by molar-refractivity contribution is 6.21. The zero-order valence-corrected chi connectivity index (χ0v) is 12.9. The predicted molar refractivity (Wildman–Crippen MR) is 94.2 cm³/mol. The SMILES string of the molecule is O=C1c2cc3ccccc3cc2C(=O)C2C=c3ccccc3=CC12. The maximum absolute atomic E-state index is 13.0. The van der Waals surface area contributed by atoms with Crippen molar-refractivity contribution in [2.75, 3.05) is 0 Å². The lowest BCUT2D eigenvalue weighted by Crippen LogP contribution is -2.42. The van der Waals surface area contributed by atoms with Crippen LogP contribution in [0.25, 0.3) is 22.9 Å². The van der Waals surface area contributed by atoms with Gasteiger partial charge in [-0.2, -0.15) is 0 Å². The van der Waals surface area contributed by atoms with Gasteiger partial charge in [0.05, 0.1) is 11.8 Å². The van der Waals surface area contributed by atoms with Crippen LogP contribution in [0.4, 0.5) is 0 Å². The first kappa shape index (κ1) is 13.4. The van der Waals surface area contributed by atoms with Gasteiger partial charge in [0.25, 0.3) is 0 Å². The Balaban J connectivity index is 1.78. The van der Waals surface area contributed by atoms with Gasteiger partial charge in [0, 0.05) is 11.1 Å². The quantitative estimate of drug-likeness (QED) is 0.640. The number of carbonyl (C=O) groups is 2. The van der Waals surface area contributed by atoms with Gasteiger partial charge in [0.2, 0.25) is 0 Å². The molecule has 2 aliphatic rings. The summed E-state index contributed by atoms with van der Waals surface area (Å²) in [6.07, 6.45) is 3.91. The number of hydrogen-bond acceptors (Lipinski definition) is 2. The monoisotopic (exact) mass is 310 g/mol. The van der Waals surface area contributed by atoms with Crippen molar-refractivity contribution >= 4 is 34.5 Å². The molecule has 0 bridgehead atoms. The molecule has 0 radical (unpaired) electrons. The minimum atomic E-state index is -0.388. The smallest absolute Gasteiger partial charge is 0.171 e. The van der Waals surface area contributed by atoms with Crippen molar-refractivity contribution < 1.29 is 9.59 Å². The third-order valence-corrected chi connectivity index (χ3v) is 5.12. The summed E-state index contributed by atoms with van der Waals surface area (Å²) in [4.78, 5) is 26.1. The first-order valence-electron chi connectivity index (χ1n) is 8.12. The maximum Gasteiger partial charge on any atom is 0.171 e. The second kappa shape index (κ2) is 4.75. The van der Waals surface area contributed by atoms with Crippen LogP contribution >= 0.6 is 0 Å². The Morgan fingerprint density at radius 2 is 1.00 bits per heavy atom. The number of Topliss-reactive ketones (excluding diaryl/α,β-unsaturated/α-hetero) is 2. The molecular formula is C22H14O2. The third kappa shape index (κ3) is 1.77. The highest BCUT2D eigenvalue weighted by Gasteiger charge is 2.40. The Bertz CT molecular complexity index is 1060. The number of benzene rings is 3. The maximum atomic E-state index is 13.0. The molecule has 2 nitrogen and oxygen atoms in total. The number of ketones is 2. The summed E-state index contributed by atoms with van der Waals surface area (Å²) in [5, 5.41) is 4.06. The van der Waals surface area contributed by atoms with E-state index in [0.717, 1.165) is 21.2 Å². The van der Waals surface area contributed by atoms with Gasteiger partial charge in [0.15, 0.2) is 11.6 Å². The first-order chi connectivity index (χ1) is 11.7. The normalized spacial score (nSPS) is 21.3. The molecule has 2 heteroatoms. The molecule has 2 unspecified atom stereocenters. The molecular weight excluding hydrogens is 296 g/mol. The number of fused-ring (bicyclic) bond motifs is 4. The van der Waals surface area contributed by atoms with Gasteiger partial charge < -0.3 is 0 Å². The molecule has 0 fully saturated rings. The van der Waals surface area contributed by atoms with Gasteiger partial charge in [-0.25, -0.2) is 0 Å². The Morgan fingerprint density at radius 3 is 1.46 bits per heavy atom. The second-order valence-corrected chi connectivity index (χ2v) is 6.49. The zero-order valence-electron chi connectivity index (χ0n) is 12.9. The van der Waals surface area contributed by atoms with Crippen molar-refractivity contribution in [3.63, 3.8) is 0 Å². The molecule has 0 heterocycles. The minimum absolute atomic E-state index is 0.0473. The lowest BCUT2D eigenvalue weighted by Gasteiger charge is -2.29. The van der Waals surface area contributed by atoms with Crippen LogP contribution in [-0.4, -0.2) is 11.6 Å². The van der Waals surface area contributed by atoms with E-state index in [-0.39, 0.29) is 23.4 Å². The van der Waals surface area contributed by atoms with Crippen molar-refractivity contribution in [3.8, 4) is 0 Å². The van der Waals surface area contributed by atoms with Crippen LogP contribution in [0.15, 0.2) is 60.7 Å². The number of hydrogen-bond donors (Lipinski definition) is 0. The Kier molecular flexibility index (Phi) is 2.66. The van der Waals surface area contributed by atoms with Crippen molar-refractivity contribution in [1.29, 1.82) is 0 Å². The minimum Gasteiger partial charge on any atom is -0.293 e. The molecule has 2 aliphatic carbocycles. The Hall–Kier alpha value is -3.00. The van der Waals surface area contributed by atoms with Gasteiger partial charge in [-0.15, -0.1) is 0 Å². The fourth-order valence-corrected chi connectivity index (χ4v) is 3.89. The molecule has 0 N–H and O–H groups in total. The molecule has 3 aromatic carbocycles. The van der Waals surface area contributed by atoms with Crippen LogP contribution < -0.4 is 10.4 Å². The van der Waals surface area contributed by atoms with Gasteiger partial charge in [-0.3, -0.25) is 9.59 Å². The highest BCUT2D eigenvalue weighted by atomic mass is 16.1. The summed E-state index contributed by atoms with van der Waals surface area (Å²) in [6, 6.07) is 19.5. The van der Waals surface area contributed by atoms with E-state index in [9.17, 15) is 9.59 Å². The van der Waals surface area contributed by atoms with E-state index in [4.69, 9.17) is 0 Å². The van der Waals surface area contributed by atoms with Crippen LogP contribution in [0, 0.1) is 11.8 Å². The second-order valence-electron chi connectivity index (χ2n) is 6.49. The van der Waals surface area contributed by atoms with Gasteiger partial charge in [-0.1, -0.05) is 60.7 Å². The van der Waals surface area contributed by atoms with E-state index < -0.39 is 0 Å². The number of rotatable bonds is 0. The van der Waals surface area contributed by atoms with E-state index in [0.29, 0.717) is 11.1 Å². The van der Waals surface area contributed by atoms with Crippen LogP contribution in [0.5, 0.6) is 0 Å². The van der Waals surface area contributed by atoms with Crippen molar-refractivity contribution in [3.05, 3.63) is 82.2 Å². The van der Waals surface area contributed by atoms with Crippen LogP contribution in [0.1, 0.15) is 20.7 Å². The zero-order chi connectivity index (χ0) is 16.3. The molecule has 0 amide bonds. The lowest BCUT2D eigenvalue weighted by atomic mass is 9.71. The molecule has 114 valence electrons. The number of carbonyl (C=O) groups excluding carboxylic acids is 2. The predicted octanol–water partition coefficient (Wildman–Crippen LogP) is 2.73. The largest absolute Gasteiger partial charge is 0.293 e. The fourth-order valence-electron chi connectivity index (χ4n) is 3.89. The molecule has 24 heavy (non-hydrogen) atoms. The third-order valence-electron chi connectivity index (χ3n) is 5.12. The molecule has 0 aromatic heterocycles. The molecule has 5 rings (SSSR count). The average Bonchev–Trinajstić information content (AvgIpc) is 2.64. The van der Waals surface area contributed by atoms with Crippen LogP contribution in [0.3, 0.4) is 0 Å². The molecule has 3 aromatic rings. The first-order valence-corrected chi connectivity index (χ1v) is 8.12. The summed E-state index contributed by atoms with van der Waals surface area (Å²) in [5.74, 6) is -0.681. The summed E-state index contributed by atoms with van der Waals surface area (Å²) in [7, 11) is 0. The summed E-state index contributed by atoms with van der Waals surface area (Å²) >= 11 is 0. The van der Waals surface area contributed by atoms with E-state index in [1.807, 2.05) is 72.8 Å².